The van der Waals surface area contributed by atoms with Gasteiger partial charge in [-0.25, -0.2) is 21.6 Å². The lowest BCUT2D eigenvalue weighted by Gasteiger charge is -2.25. The van der Waals surface area contributed by atoms with E-state index in [2.05, 4.69) is 10.0 Å². The maximum atomic E-state index is 12.9. The zero-order valence-corrected chi connectivity index (χ0v) is 18.7. The number of rotatable bonds is 8. The zero-order valence-electron chi connectivity index (χ0n) is 17.1. The van der Waals surface area contributed by atoms with Crippen LogP contribution < -0.4 is 14.8 Å². The van der Waals surface area contributed by atoms with Gasteiger partial charge in [-0.05, 0) is 49.4 Å². The highest BCUT2D eigenvalue weighted by atomic mass is 32.2. The topological polar surface area (TPSA) is 102 Å². The van der Waals surface area contributed by atoms with Crippen molar-refractivity contribution in [2.24, 2.45) is 5.92 Å². The fourth-order valence-electron chi connectivity index (χ4n) is 3.44. The van der Waals surface area contributed by atoms with Gasteiger partial charge in [-0.1, -0.05) is 12.1 Å². The van der Waals surface area contributed by atoms with Crippen LogP contribution in [0.3, 0.4) is 0 Å². The molecular weight excluding hydrogens is 469 g/mol. The van der Waals surface area contributed by atoms with Crippen molar-refractivity contribution in [2.45, 2.75) is 28.5 Å². The van der Waals surface area contributed by atoms with E-state index in [1.54, 1.807) is 0 Å². The van der Waals surface area contributed by atoms with Crippen LogP contribution in [0.1, 0.15) is 12.0 Å². The van der Waals surface area contributed by atoms with Crippen LogP contribution in [0.25, 0.3) is 0 Å². The van der Waals surface area contributed by atoms with Crippen molar-refractivity contribution in [1.82, 2.24) is 10.0 Å². The molecule has 1 aliphatic rings. The summed E-state index contributed by atoms with van der Waals surface area (Å²) in [6, 6.07) is 9.41. The standard InChI is InChI=1S/C20H23F3N2O5S2/c1-31(26,27)18-4-2-3-5-19(18)32(28,29)25-13-17(14-10-11-24-12-14)30-16-8-6-15(7-9-16)20(21,22)23/h2-9,14,17,24-25H,10-13H2,1H3/t14-,17+/m0/s1. The molecule has 176 valence electrons. The molecule has 0 radical (unpaired) electrons. The molecular formula is C20H23F3N2O5S2. The molecule has 1 saturated heterocycles. The molecule has 2 N–H and O–H groups in total. The summed E-state index contributed by atoms with van der Waals surface area (Å²) in [4.78, 5) is -0.699. The Hall–Kier alpha value is -2.15. The van der Waals surface area contributed by atoms with Gasteiger partial charge in [0.1, 0.15) is 16.7 Å². The number of benzene rings is 2. The lowest BCUT2D eigenvalue weighted by Crippen LogP contribution is -2.41. The van der Waals surface area contributed by atoms with Crippen molar-refractivity contribution in [2.75, 3.05) is 25.9 Å². The van der Waals surface area contributed by atoms with Crippen LogP contribution in [0.4, 0.5) is 13.2 Å². The zero-order chi connectivity index (χ0) is 23.6. The number of sulfonamides is 1. The number of hydrogen-bond acceptors (Lipinski definition) is 6. The molecule has 0 unspecified atom stereocenters. The summed E-state index contributed by atoms with van der Waals surface area (Å²) in [5.41, 5.74) is -0.818. The van der Waals surface area contributed by atoms with Crippen molar-refractivity contribution in [3.05, 3.63) is 54.1 Å². The Kier molecular flexibility index (Phi) is 7.18. The maximum Gasteiger partial charge on any atom is 0.416 e. The molecule has 32 heavy (non-hydrogen) atoms. The second-order valence-electron chi connectivity index (χ2n) is 7.50. The highest BCUT2D eigenvalue weighted by molar-refractivity contribution is 7.93. The summed E-state index contributed by atoms with van der Waals surface area (Å²) < 4.78 is 96.3. The average Bonchev–Trinajstić information content (AvgIpc) is 3.25. The first kappa shape index (κ1) is 24.5. The Morgan fingerprint density at radius 1 is 1.06 bits per heavy atom. The van der Waals surface area contributed by atoms with Crippen LogP contribution in [0.2, 0.25) is 0 Å². The number of sulfone groups is 1. The second kappa shape index (κ2) is 9.38. The van der Waals surface area contributed by atoms with E-state index in [0.29, 0.717) is 19.5 Å². The van der Waals surface area contributed by atoms with Crippen LogP contribution in [-0.2, 0) is 26.0 Å². The smallest absolute Gasteiger partial charge is 0.416 e. The minimum atomic E-state index is -4.48. The van der Waals surface area contributed by atoms with Crippen LogP contribution >= 0.6 is 0 Å². The fourth-order valence-corrected chi connectivity index (χ4v) is 6.12. The lowest BCUT2D eigenvalue weighted by atomic mass is 10.0. The first-order chi connectivity index (χ1) is 14.9. The number of hydrogen-bond donors (Lipinski definition) is 2. The van der Waals surface area contributed by atoms with Gasteiger partial charge in [0.2, 0.25) is 10.0 Å². The molecule has 1 fully saturated rings. The van der Waals surface area contributed by atoms with Crippen LogP contribution in [0, 0.1) is 5.92 Å². The molecule has 7 nitrogen and oxygen atoms in total. The Morgan fingerprint density at radius 2 is 1.69 bits per heavy atom. The Labute approximate surface area is 184 Å². The molecule has 2 aromatic rings. The number of alkyl halides is 3. The number of nitrogens with one attached hydrogen (secondary N) is 2. The van der Waals surface area contributed by atoms with E-state index in [4.69, 9.17) is 4.74 Å². The molecule has 0 aliphatic carbocycles. The van der Waals surface area contributed by atoms with Crippen molar-refractivity contribution in [3.8, 4) is 5.75 Å². The molecule has 0 bridgehead atoms. The summed E-state index contributed by atoms with van der Waals surface area (Å²) in [5.74, 6) is 0.0794. The summed E-state index contributed by atoms with van der Waals surface area (Å²) in [7, 11) is -7.98. The van der Waals surface area contributed by atoms with Gasteiger partial charge in [0.25, 0.3) is 0 Å². The summed E-state index contributed by atoms with van der Waals surface area (Å²) in [5, 5.41) is 3.14. The van der Waals surface area contributed by atoms with Crippen LogP contribution in [0.5, 0.6) is 5.75 Å². The second-order valence-corrected chi connectivity index (χ2v) is 11.2. The minimum Gasteiger partial charge on any atom is -0.489 e. The molecule has 1 heterocycles. The first-order valence-electron chi connectivity index (χ1n) is 9.71. The summed E-state index contributed by atoms with van der Waals surface area (Å²) in [6.07, 6.45) is -3.55. The van der Waals surface area contributed by atoms with Crippen molar-refractivity contribution < 1.29 is 34.7 Å². The van der Waals surface area contributed by atoms with Gasteiger partial charge in [-0.15, -0.1) is 0 Å². The van der Waals surface area contributed by atoms with E-state index < -0.39 is 37.7 Å². The Bertz CT molecular complexity index is 1140. The maximum absolute atomic E-state index is 12.9. The van der Waals surface area contributed by atoms with E-state index in [0.717, 1.165) is 18.4 Å². The lowest BCUT2D eigenvalue weighted by molar-refractivity contribution is -0.137. The SMILES string of the molecule is CS(=O)(=O)c1ccccc1S(=O)(=O)NC[C@@H](Oc1ccc(C(F)(F)F)cc1)[C@H]1CCNC1. The van der Waals surface area contributed by atoms with Gasteiger partial charge in [-0.2, -0.15) is 13.2 Å². The van der Waals surface area contributed by atoms with Gasteiger partial charge in [0, 0.05) is 25.3 Å². The monoisotopic (exact) mass is 492 g/mol. The predicted octanol–water partition coefficient (Wildman–Crippen LogP) is 2.44. The molecule has 3 rings (SSSR count). The van der Waals surface area contributed by atoms with Gasteiger partial charge in [0.15, 0.2) is 9.84 Å². The third kappa shape index (κ3) is 6.00. The summed E-state index contributed by atoms with van der Waals surface area (Å²) in [6.45, 7) is 1.06. The molecule has 0 amide bonds. The van der Waals surface area contributed by atoms with Crippen LogP contribution in [-0.4, -0.2) is 48.8 Å². The van der Waals surface area contributed by atoms with Gasteiger partial charge in [0.05, 0.1) is 10.5 Å². The van der Waals surface area contributed by atoms with E-state index in [-0.39, 0.29) is 28.0 Å². The van der Waals surface area contributed by atoms with E-state index in [9.17, 15) is 30.0 Å². The van der Waals surface area contributed by atoms with Gasteiger partial charge < -0.3 is 10.1 Å². The Balaban J connectivity index is 1.80. The molecule has 2 aromatic carbocycles. The predicted molar refractivity (Wildman–Crippen MR) is 112 cm³/mol. The highest BCUT2D eigenvalue weighted by Crippen LogP contribution is 2.31. The van der Waals surface area contributed by atoms with Gasteiger partial charge >= 0.3 is 6.18 Å². The van der Waals surface area contributed by atoms with Crippen molar-refractivity contribution in [3.63, 3.8) is 0 Å². The van der Waals surface area contributed by atoms with Gasteiger partial charge in [-0.3, -0.25) is 0 Å². The molecule has 0 aromatic heterocycles. The quantitative estimate of drug-likeness (QED) is 0.587. The number of ether oxygens (including phenoxy) is 1. The third-order valence-electron chi connectivity index (χ3n) is 5.11. The minimum absolute atomic E-state index is 0.0925. The summed E-state index contributed by atoms with van der Waals surface area (Å²) >= 11 is 0. The molecule has 2 atom stereocenters. The van der Waals surface area contributed by atoms with E-state index in [1.807, 2.05) is 0 Å². The van der Waals surface area contributed by atoms with Crippen LogP contribution in [0.15, 0.2) is 58.3 Å². The van der Waals surface area contributed by atoms with E-state index in [1.165, 1.54) is 36.4 Å². The average molecular weight is 493 g/mol. The fraction of sp³-hybridized carbons (Fsp3) is 0.400. The molecule has 0 saturated carbocycles. The van der Waals surface area contributed by atoms with E-state index >= 15 is 0 Å². The molecule has 0 spiro atoms. The highest BCUT2D eigenvalue weighted by Gasteiger charge is 2.32. The Morgan fingerprint density at radius 3 is 2.22 bits per heavy atom. The van der Waals surface area contributed by atoms with Crippen molar-refractivity contribution >= 4 is 19.9 Å². The third-order valence-corrected chi connectivity index (χ3v) is 7.87. The number of halogens is 3. The normalized spacial score (nSPS) is 18.4. The molecule has 12 heteroatoms. The largest absolute Gasteiger partial charge is 0.489 e. The molecule has 1 aliphatic heterocycles. The first-order valence-corrected chi connectivity index (χ1v) is 13.1. The van der Waals surface area contributed by atoms with Crippen molar-refractivity contribution in [1.29, 1.82) is 0 Å².